The van der Waals surface area contributed by atoms with E-state index < -0.39 is 4.32 Å². The van der Waals surface area contributed by atoms with Gasteiger partial charge in [-0.3, -0.25) is 4.79 Å². The molecule has 1 atom stereocenters. The first kappa shape index (κ1) is 9.40. The van der Waals surface area contributed by atoms with Crippen LogP contribution in [0, 0.1) is 0 Å². The van der Waals surface area contributed by atoms with E-state index in [0.717, 1.165) is 12.1 Å². The quantitative estimate of drug-likeness (QED) is 0.594. The maximum Gasteiger partial charge on any atom is 0.246 e. The highest BCUT2D eigenvalue weighted by molar-refractivity contribution is 9.10. The summed E-state index contributed by atoms with van der Waals surface area (Å²) in [5.74, 6) is 0.233. The van der Waals surface area contributed by atoms with E-state index in [9.17, 15) is 4.79 Å². The minimum absolute atomic E-state index is 0.233. The molecule has 1 saturated heterocycles. The van der Waals surface area contributed by atoms with Crippen molar-refractivity contribution in [3.8, 4) is 0 Å². The zero-order valence-corrected chi connectivity index (χ0v) is 9.90. The van der Waals surface area contributed by atoms with Gasteiger partial charge >= 0.3 is 0 Å². The van der Waals surface area contributed by atoms with Crippen LogP contribution in [0.15, 0.2) is 30.3 Å². The van der Waals surface area contributed by atoms with Crippen LogP contribution >= 0.6 is 15.9 Å². The maximum atomic E-state index is 12.0. The van der Waals surface area contributed by atoms with E-state index in [1.807, 2.05) is 35.2 Å². The fourth-order valence-corrected chi connectivity index (χ4v) is 2.87. The highest BCUT2D eigenvalue weighted by Crippen LogP contribution is 2.46. The molecule has 3 heteroatoms. The molecule has 1 heterocycles. The number of carbonyl (C=O) groups excluding carboxylic acids is 1. The van der Waals surface area contributed by atoms with Gasteiger partial charge in [-0.1, -0.05) is 46.3 Å². The molecular formula is C12H12BrNO. The summed E-state index contributed by atoms with van der Waals surface area (Å²) in [5, 5.41) is 0. The molecule has 15 heavy (non-hydrogen) atoms. The summed E-state index contributed by atoms with van der Waals surface area (Å²) in [6.45, 7) is 0.820. The van der Waals surface area contributed by atoms with Gasteiger partial charge in [-0.15, -0.1) is 0 Å². The Kier molecular flexibility index (Phi) is 1.93. The summed E-state index contributed by atoms with van der Waals surface area (Å²) in [5.41, 5.74) is 1.08. The lowest BCUT2D eigenvalue weighted by molar-refractivity contribution is -0.145. The fraction of sp³-hybridized carbons (Fsp3) is 0.417. The topological polar surface area (TPSA) is 20.3 Å². The Morgan fingerprint density at radius 2 is 1.93 bits per heavy atom. The molecule has 1 aliphatic carbocycles. The van der Waals surface area contributed by atoms with E-state index in [1.165, 1.54) is 12.8 Å². The molecule has 3 rings (SSSR count). The molecule has 2 aliphatic rings. The standard InChI is InChI=1S/C12H12BrNO/c13-12(9-4-2-1-3-5-9)8-14(11(12)15)10-6-7-10/h1-5,10H,6-8H2. The highest BCUT2D eigenvalue weighted by Gasteiger charge is 2.55. The number of amides is 1. The Morgan fingerprint density at radius 3 is 2.47 bits per heavy atom. The molecule has 1 aromatic rings. The molecular weight excluding hydrogens is 254 g/mol. The molecule has 0 bridgehead atoms. The van der Waals surface area contributed by atoms with Crippen LogP contribution in [-0.2, 0) is 9.12 Å². The van der Waals surface area contributed by atoms with Crippen LogP contribution in [0.3, 0.4) is 0 Å². The van der Waals surface area contributed by atoms with Crippen molar-refractivity contribution in [2.24, 2.45) is 0 Å². The predicted molar refractivity (Wildman–Crippen MR) is 61.8 cm³/mol. The van der Waals surface area contributed by atoms with Gasteiger partial charge in [-0.2, -0.15) is 0 Å². The van der Waals surface area contributed by atoms with Crippen LogP contribution in [-0.4, -0.2) is 23.4 Å². The van der Waals surface area contributed by atoms with Crippen LogP contribution in [0.25, 0.3) is 0 Å². The van der Waals surface area contributed by atoms with E-state index in [4.69, 9.17) is 0 Å². The van der Waals surface area contributed by atoms with Gasteiger partial charge in [0.25, 0.3) is 0 Å². The highest BCUT2D eigenvalue weighted by atomic mass is 79.9. The first-order valence-corrected chi connectivity index (χ1v) is 6.06. The smallest absolute Gasteiger partial charge is 0.246 e. The van der Waals surface area contributed by atoms with Gasteiger partial charge in [0.1, 0.15) is 4.32 Å². The van der Waals surface area contributed by atoms with Crippen molar-refractivity contribution >= 4 is 21.8 Å². The van der Waals surface area contributed by atoms with Crippen molar-refractivity contribution in [3.63, 3.8) is 0 Å². The summed E-state index contributed by atoms with van der Waals surface area (Å²) in [6, 6.07) is 10.5. The summed E-state index contributed by atoms with van der Waals surface area (Å²) in [7, 11) is 0. The average molecular weight is 266 g/mol. The maximum absolute atomic E-state index is 12.0. The van der Waals surface area contributed by atoms with Gasteiger partial charge in [0.2, 0.25) is 5.91 Å². The van der Waals surface area contributed by atoms with Crippen LogP contribution in [0.2, 0.25) is 0 Å². The van der Waals surface area contributed by atoms with Gasteiger partial charge < -0.3 is 4.90 Å². The number of hydrogen-bond donors (Lipinski definition) is 0. The lowest BCUT2D eigenvalue weighted by Gasteiger charge is -2.45. The number of hydrogen-bond acceptors (Lipinski definition) is 1. The van der Waals surface area contributed by atoms with Gasteiger partial charge in [0.15, 0.2) is 0 Å². The average Bonchev–Trinajstić information content (AvgIpc) is 3.10. The molecule has 1 aromatic carbocycles. The Bertz CT molecular complexity index is 401. The molecule has 78 valence electrons. The van der Waals surface area contributed by atoms with Crippen LogP contribution in [0.5, 0.6) is 0 Å². The van der Waals surface area contributed by atoms with Crippen molar-refractivity contribution in [2.45, 2.75) is 23.2 Å². The minimum Gasteiger partial charge on any atom is -0.336 e. The van der Waals surface area contributed by atoms with Gasteiger partial charge in [-0.25, -0.2) is 0 Å². The van der Waals surface area contributed by atoms with Crippen molar-refractivity contribution < 1.29 is 4.79 Å². The molecule has 1 saturated carbocycles. The normalized spacial score (nSPS) is 30.2. The molecule has 1 amide bonds. The number of likely N-dealkylation sites (tertiary alicyclic amines) is 1. The van der Waals surface area contributed by atoms with Crippen molar-refractivity contribution in [3.05, 3.63) is 35.9 Å². The molecule has 1 aliphatic heterocycles. The number of benzene rings is 1. The third-order valence-corrected chi connectivity index (χ3v) is 4.25. The lowest BCUT2D eigenvalue weighted by Crippen LogP contribution is -2.61. The van der Waals surface area contributed by atoms with E-state index in [1.54, 1.807) is 0 Å². The summed E-state index contributed by atoms with van der Waals surface area (Å²) >= 11 is 3.59. The van der Waals surface area contributed by atoms with Crippen LogP contribution < -0.4 is 0 Å². The fourth-order valence-electron chi connectivity index (χ4n) is 2.11. The molecule has 1 unspecified atom stereocenters. The number of β-lactam (4-membered cyclic amide) rings is 1. The zero-order valence-electron chi connectivity index (χ0n) is 8.32. The number of carbonyl (C=O) groups is 1. The summed E-state index contributed by atoms with van der Waals surface area (Å²) < 4.78 is -0.434. The third kappa shape index (κ3) is 1.33. The Morgan fingerprint density at radius 1 is 1.27 bits per heavy atom. The second-order valence-corrected chi connectivity index (χ2v) is 5.69. The monoisotopic (exact) mass is 265 g/mol. The van der Waals surface area contributed by atoms with Crippen molar-refractivity contribution in [1.29, 1.82) is 0 Å². The van der Waals surface area contributed by atoms with E-state index in [-0.39, 0.29) is 5.91 Å². The minimum atomic E-state index is -0.434. The van der Waals surface area contributed by atoms with Crippen LogP contribution in [0.1, 0.15) is 18.4 Å². The lowest BCUT2D eigenvalue weighted by atomic mass is 9.90. The molecule has 0 N–H and O–H groups in total. The number of nitrogens with zero attached hydrogens (tertiary/aromatic N) is 1. The largest absolute Gasteiger partial charge is 0.336 e. The second kappa shape index (κ2) is 3.08. The summed E-state index contributed by atoms with van der Waals surface area (Å²) in [6.07, 6.45) is 2.37. The zero-order chi connectivity index (χ0) is 10.5. The molecule has 2 nitrogen and oxygen atoms in total. The van der Waals surface area contributed by atoms with Crippen molar-refractivity contribution in [1.82, 2.24) is 4.90 Å². The van der Waals surface area contributed by atoms with Gasteiger partial charge in [-0.05, 0) is 18.4 Å². The Balaban J connectivity index is 1.85. The van der Waals surface area contributed by atoms with Crippen molar-refractivity contribution in [2.75, 3.05) is 6.54 Å². The third-order valence-electron chi connectivity index (χ3n) is 3.21. The Labute approximate surface area is 97.4 Å². The van der Waals surface area contributed by atoms with Crippen LogP contribution in [0.4, 0.5) is 0 Å². The number of halogens is 1. The molecule has 0 radical (unpaired) electrons. The number of alkyl halides is 1. The van der Waals surface area contributed by atoms with E-state index in [2.05, 4.69) is 15.9 Å². The van der Waals surface area contributed by atoms with E-state index >= 15 is 0 Å². The Hall–Kier alpha value is -0.830. The van der Waals surface area contributed by atoms with Gasteiger partial charge in [0.05, 0.1) is 0 Å². The molecule has 2 fully saturated rings. The number of rotatable bonds is 2. The second-order valence-electron chi connectivity index (χ2n) is 4.33. The van der Waals surface area contributed by atoms with E-state index in [0.29, 0.717) is 6.04 Å². The molecule has 0 spiro atoms. The first-order valence-electron chi connectivity index (χ1n) is 5.27. The summed E-state index contributed by atoms with van der Waals surface area (Å²) in [4.78, 5) is 14.0. The predicted octanol–water partition coefficient (Wildman–Crippen LogP) is 2.28. The SMILES string of the molecule is O=C1N(C2CC2)CC1(Br)c1ccccc1. The molecule has 0 aromatic heterocycles. The van der Waals surface area contributed by atoms with Gasteiger partial charge in [0, 0.05) is 12.6 Å². The first-order chi connectivity index (χ1) is 7.22.